The average molecular weight is 273 g/mol. The molecule has 0 saturated heterocycles. The Balaban J connectivity index is 2.27. The Hall–Kier alpha value is -2.76. The van der Waals surface area contributed by atoms with Crippen LogP contribution in [0.25, 0.3) is 11.3 Å². The first-order valence-electron chi connectivity index (χ1n) is 6.00. The molecule has 20 heavy (non-hydrogen) atoms. The zero-order valence-electron chi connectivity index (χ0n) is 10.4. The summed E-state index contributed by atoms with van der Waals surface area (Å²) in [7, 11) is 0. The van der Waals surface area contributed by atoms with Crippen molar-refractivity contribution < 1.29 is 19.7 Å². The molecule has 0 aliphatic carbocycles. The number of carbonyl (C=O) groups is 1. The predicted octanol–water partition coefficient (Wildman–Crippen LogP) is 1.31. The van der Waals surface area contributed by atoms with Gasteiger partial charge in [0.05, 0.1) is 12.2 Å². The van der Waals surface area contributed by atoms with E-state index in [1.165, 1.54) is 24.4 Å². The summed E-state index contributed by atoms with van der Waals surface area (Å²) in [4.78, 5) is 22.8. The van der Waals surface area contributed by atoms with E-state index < -0.39 is 11.4 Å². The molecule has 102 valence electrons. The number of rotatable bonds is 1. The number of nitrogens with zero attached hydrogens (tertiary/aromatic N) is 1. The predicted molar refractivity (Wildman–Crippen MR) is 70.3 cm³/mol. The van der Waals surface area contributed by atoms with Crippen LogP contribution in [0.1, 0.15) is 10.4 Å². The van der Waals surface area contributed by atoms with Crippen LogP contribution >= 0.6 is 0 Å². The third kappa shape index (κ3) is 1.91. The molecule has 0 amide bonds. The third-order valence-corrected chi connectivity index (χ3v) is 3.19. The quantitative estimate of drug-likeness (QED) is 0.817. The second-order valence-electron chi connectivity index (χ2n) is 4.46. The molecule has 2 N–H and O–H groups in total. The Labute approximate surface area is 113 Å². The Kier molecular flexibility index (Phi) is 2.71. The minimum Gasteiger partial charge on any atom is -0.508 e. The number of phenols is 1. The van der Waals surface area contributed by atoms with Crippen molar-refractivity contribution in [3.8, 4) is 22.8 Å². The molecule has 1 aromatic heterocycles. The van der Waals surface area contributed by atoms with Crippen molar-refractivity contribution in [1.29, 1.82) is 0 Å². The summed E-state index contributed by atoms with van der Waals surface area (Å²) in [6, 6.07) is 5.89. The van der Waals surface area contributed by atoms with E-state index >= 15 is 0 Å². The third-order valence-electron chi connectivity index (χ3n) is 3.19. The van der Waals surface area contributed by atoms with Gasteiger partial charge in [0, 0.05) is 23.9 Å². The Bertz CT molecular complexity index is 763. The first-order chi connectivity index (χ1) is 9.56. The number of hydrogen-bond donors (Lipinski definition) is 2. The van der Waals surface area contributed by atoms with Gasteiger partial charge in [-0.15, -0.1) is 0 Å². The summed E-state index contributed by atoms with van der Waals surface area (Å²) in [5.74, 6) is -0.707. The SMILES string of the molecule is O=C(O)c1cn2c(cc1=O)-c1ccc(O)cc1OCC2. The second kappa shape index (κ2) is 4.41. The molecular formula is C14H11NO5. The van der Waals surface area contributed by atoms with E-state index in [1.54, 1.807) is 10.6 Å². The van der Waals surface area contributed by atoms with E-state index in [0.717, 1.165) is 0 Å². The number of hydrogen-bond acceptors (Lipinski definition) is 4. The van der Waals surface area contributed by atoms with Crippen molar-refractivity contribution in [2.75, 3.05) is 6.61 Å². The van der Waals surface area contributed by atoms with Crippen molar-refractivity contribution in [1.82, 2.24) is 4.57 Å². The maximum absolute atomic E-state index is 11.8. The van der Waals surface area contributed by atoms with Crippen LogP contribution in [0.4, 0.5) is 0 Å². The minimum absolute atomic E-state index is 0.0710. The van der Waals surface area contributed by atoms with Crippen molar-refractivity contribution >= 4 is 5.97 Å². The van der Waals surface area contributed by atoms with Gasteiger partial charge in [0.25, 0.3) is 0 Å². The van der Waals surface area contributed by atoms with E-state index in [0.29, 0.717) is 30.2 Å². The monoisotopic (exact) mass is 273 g/mol. The lowest BCUT2D eigenvalue weighted by Gasteiger charge is -2.11. The number of benzene rings is 1. The maximum atomic E-state index is 11.8. The standard InChI is InChI=1S/C14H11NO5/c16-8-1-2-9-11-6-12(17)10(14(18)19)7-15(11)3-4-20-13(9)5-8/h1-2,5-7,16H,3-4H2,(H,18,19). The Morgan fingerprint density at radius 1 is 1.30 bits per heavy atom. The summed E-state index contributed by atoms with van der Waals surface area (Å²) < 4.78 is 7.20. The smallest absolute Gasteiger partial charge is 0.341 e. The van der Waals surface area contributed by atoms with Crippen molar-refractivity contribution in [2.45, 2.75) is 6.54 Å². The molecule has 1 aliphatic rings. The number of phenolic OH excluding ortho intramolecular Hbond substituents is 1. The molecule has 0 bridgehead atoms. The lowest BCUT2D eigenvalue weighted by Crippen LogP contribution is -2.19. The largest absolute Gasteiger partial charge is 0.508 e. The van der Waals surface area contributed by atoms with E-state index in [4.69, 9.17) is 9.84 Å². The lowest BCUT2D eigenvalue weighted by molar-refractivity contribution is 0.0694. The number of fused-ring (bicyclic) bond motifs is 3. The van der Waals surface area contributed by atoms with Gasteiger partial charge in [0.15, 0.2) is 5.43 Å². The van der Waals surface area contributed by atoms with Crippen LogP contribution in [0, 0.1) is 0 Å². The van der Waals surface area contributed by atoms with Crippen LogP contribution in [0.2, 0.25) is 0 Å². The van der Waals surface area contributed by atoms with Gasteiger partial charge in [0.2, 0.25) is 0 Å². The fraction of sp³-hybridized carbons (Fsp3) is 0.143. The molecule has 2 aromatic rings. The van der Waals surface area contributed by atoms with Crippen LogP contribution in [0.3, 0.4) is 0 Å². The van der Waals surface area contributed by atoms with Crippen LogP contribution in [-0.4, -0.2) is 27.4 Å². The minimum atomic E-state index is -1.25. The summed E-state index contributed by atoms with van der Waals surface area (Å²) in [6.45, 7) is 0.747. The molecule has 0 spiro atoms. The summed E-state index contributed by atoms with van der Waals surface area (Å²) in [5, 5.41) is 18.5. The number of aromatic carboxylic acids is 1. The highest BCUT2D eigenvalue weighted by molar-refractivity contribution is 5.87. The van der Waals surface area contributed by atoms with E-state index in [2.05, 4.69) is 0 Å². The Morgan fingerprint density at radius 2 is 2.10 bits per heavy atom. The number of carboxylic acid groups (broad SMARTS) is 1. The van der Waals surface area contributed by atoms with Crippen LogP contribution in [-0.2, 0) is 6.54 Å². The molecular weight excluding hydrogens is 262 g/mol. The van der Waals surface area contributed by atoms with Crippen molar-refractivity contribution in [3.05, 3.63) is 46.2 Å². The maximum Gasteiger partial charge on any atom is 0.341 e. The highest BCUT2D eigenvalue weighted by Crippen LogP contribution is 2.34. The Morgan fingerprint density at radius 3 is 2.85 bits per heavy atom. The highest BCUT2D eigenvalue weighted by Gasteiger charge is 2.19. The molecule has 6 heteroatoms. The van der Waals surface area contributed by atoms with Gasteiger partial charge in [-0.2, -0.15) is 0 Å². The molecule has 0 unspecified atom stereocenters. The first kappa shape index (κ1) is 12.3. The van der Waals surface area contributed by atoms with Gasteiger partial charge in [-0.25, -0.2) is 4.79 Å². The fourth-order valence-electron chi connectivity index (χ4n) is 2.25. The van der Waals surface area contributed by atoms with Gasteiger partial charge in [0.1, 0.15) is 23.7 Å². The zero-order chi connectivity index (χ0) is 14.3. The van der Waals surface area contributed by atoms with Gasteiger partial charge < -0.3 is 19.5 Å². The number of aromatic nitrogens is 1. The van der Waals surface area contributed by atoms with Crippen molar-refractivity contribution in [3.63, 3.8) is 0 Å². The fourth-order valence-corrected chi connectivity index (χ4v) is 2.25. The van der Waals surface area contributed by atoms with Crippen LogP contribution < -0.4 is 10.2 Å². The first-order valence-corrected chi connectivity index (χ1v) is 6.00. The summed E-state index contributed by atoms with van der Waals surface area (Å²) in [5.41, 5.74) is 0.405. The molecule has 0 radical (unpaired) electrons. The topological polar surface area (TPSA) is 88.8 Å². The molecule has 1 aromatic carbocycles. The summed E-state index contributed by atoms with van der Waals surface area (Å²) in [6.07, 6.45) is 1.32. The normalized spacial score (nSPS) is 12.8. The molecule has 0 atom stereocenters. The average Bonchev–Trinajstić information content (AvgIpc) is 2.56. The molecule has 0 saturated carbocycles. The highest BCUT2D eigenvalue weighted by atomic mass is 16.5. The van der Waals surface area contributed by atoms with Crippen molar-refractivity contribution in [2.24, 2.45) is 0 Å². The number of pyridine rings is 1. The van der Waals surface area contributed by atoms with Gasteiger partial charge >= 0.3 is 5.97 Å². The molecule has 2 heterocycles. The summed E-state index contributed by atoms with van der Waals surface area (Å²) >= 11 is 0. The van der Waals surface area contributed by atoms with Gasteiger partial charge in [-0.1, -0.05) is 0 Å². The van der Waals surface area contributed by atoms with Gasteiger partial charge in [-0.05, 0) is 12.1 Å². The molecule has 0 fully saturated rings. The van der Waals surface area contributed by atoms with Gasteiger partial charge in [-0.3, -0.25) is 4.79 Å². The number of ether oxygens (including phenoxy) is 1. The second-order valence-corrected chi connectivity index (χ2v) is 4.46. The van der Waals surface area contributed by atoms with Crippen LogP contribution in [0.5, 0.6) is 11.5 Å². The molecule has 1 aliphatic heterocycles. The lowest BCUT2D eigenvalue weighted by atomic mass is 10.1. The molecule has 3 rings (SSSR count). The number of aromatic hydroxyl groups is 1. The zero-order valence-corrected chi connectivity index (χ0v) is 10.4. The van der Waals surface area contributed by atoms with Crippen LogP contribution in [0.15, 0.2) is 35.3 Å². The molecule has 6 nitrogen and oxygen atoms in total. The van der Waals surface area contributed by atoms with E-state index in [9.17, 15) is 14.7 Å². The number of carboxylic acids is 1. The van der Waals surface area contributed by atoms with E-state index in [-0.39, 0.29) is 11.3 Å². The van der Waals surface area contributed by atoms with E-state index in [1.807, 2.05) is 0 Å².